The Bertz CT molecular complexity index is 419. The molecule has 1 aromatic carbocycles. The molecule has 0 aliphatic carbocycles. The molecule has 0 saturated heterocycles. The number of methoxy groups -OCH3 is 1. The first-order chi connectivity index (χ1) is 8.54. The number of benzene rings is 1. The molecular weight excluding hydrogens is 232 g/mol. The summed E-state index contributed by atoms with van der Waals surface area (Å²) in [6, 6.07) is 3.68. The predicted octanol–water partition coefficient (Wildman–Crippen LogP) is 1.03. The Morgan fingerprint density at radius 3 is 2.72 bits per heavy atom. The minimum absolute atomic E-state index is 0.00604. The minimum Gasteiger partial charge on any atom is -0.483 e. The molecule has 5 nitrogen and oxygen atoms in total. The quantitative estimate of drug-likeness (QED) is 0.586. The van der Waals surface area contributed by atoms with Crippen molar-refractivity contribution in [2.75, 3.05) is 32.6 Å². The highest BCUT2D eigenvalue weighted by Crippen LogP contribution is 2.23. The molecule has 0 aromatic heterocycles. The third-order valence-electron chi connectivity index (χ3n) is 2.55. The van der Waals surface area contributed by atoms with Crippen LogP contribution in [0.2, 0.25) is 0 Å². The van der Waals surface area contributed by atoms with Gasteiger partial charge >= 0.3 is 0 Å². The van der Waals surface area contributed by atoms with Gasteiger partial charge in [0.2, 0.25) is 0 Å². The highest BCUT2D eigenvalue weighted by Gasteiger charge is 2.06. The lowest BCUT2D eigenvalue weighted by Gasteiger charge is -2.11. The monoisotopic (exact) mass is 252 g/mol. The molecular formula is C13H20N2O3. The summed E-state index contributed by atoms with van der Waals surface area (Å²) >= 11 is 0. The highest BCUT2D eigenvalue weighted by molar-refractivity contribution is 5.77. The number of carbonyl (C=O) groups excluding carboxylic acids is 1. The van der Waals surface area contributed by atoms with Gasteiger partial charge in [-0.25, -0.2) is 0 Å². The molecule has 0 aliphatic rings. The number of amides is 1. The van der Waals surface area contributed by atoms with Crippen molar-refractivity contribution in [2.24, 2.45) is 0 Å². The Morgan fingerprint density at radius 1 is 1.33 bits per heavy atom. The summed E-state index contributed by atoms with van der Waals surface area (Å²) in [4.78, 5) is 11.4. The van der Waals surface area contributed by atoms with Crippen molar-refractivity contribution in [1.82, 2.24) is 5.32 Å². The highest BCUT2D eigenvalue weighted by atomic mass is 16.5. The van der Waals surface area contributed by atoms with Gasteiger partial charge in [0.1, 0.15) is 5.75 Å². The predicted molar refractivity (Wildman–Crippen MR) is 70.7 cm³/mol. The summed E-state index contributed by atoms with van der Waals surface area (Å²) < 4.78 is 10.3. The summed E-state index contributed by atoms with van der Waals surface area (Å²) in [5.74, 6) is 0.518. The Hall–Kier alpha value is -1.75. The van der Waals surface area contributed by atoms with Crippen LogP contribution in [0.1, 0.15) is 11.1 Å². The zero-order valence-corrected chi connectivity index (χ0v) is 11.1. The number of hydrogen-bond donors (Lipinski definition) is 2. The number of rotatable bonds is 6. The summed E-state index contributed by atoms with van der Waals surface area (Å²) in [5.41, 5.74) is 8.36. The lowest BCUT2D eigenvalue weighted by atomic mass is 10.1. The van der Waals surface area contributed by atoms with E-state index >= 15 is 0 Å². The molecule has 0 aliphatic heterocycles. The van der Waals surface area contributed by atoms with Crippen molar-refractivity contribution in [1.29, 1.82) is 0 Å². The third-order valence-corrected chi connectivity index (χ3v) is 2.55. The fourth-order valence-corrected chi connectivity index (χ4v) is 1.45. The van der Waals surface area contributed by atoms with Crippen LogP contribution in [0.25, 0.3) is 0 Å². The molecule has 1 aromatic rings. The number of nitrogen functional groups attached to an aromatic ring is 1. The molecule has 0 unspecified atom stereocenters. The van der Waals surface area contributed by atoms with Crippen molar-refractivity contribution in [3.8, 4) is 5.75 Å². The number of nitrogens with two attached hydrogens (primary N) is 1. The number of ether oxygens (including phenoxy) is 2. The van der Waals surface area contributed by atoms with Crippen molar-refractivity contribution in [2.45, 2.75) is 13.8 Å². The van der Waals surface area contributed by atoms with Gasteiger partial charge in [-0.05, 0) is 37.1 Å². The summed E-state index contributed by atoms with van der Waals surface area (Å²) in [7, 11) is 1.59. The van der Waals surface area contributed by atoms with Crippen molar-refractivity contribution >= 4 is 11.6 Å². The van der Waals surface area contributed by atoms with E-state index in [0.717, 1.165) is 16.8 Å². The molecule has 5 heteroatoms. The van der Waals surface area contributed by atoms with Gasteiger partial charge < -0.3 is 20.5 Å². The first-order valence-electron chi connectivity index (χ1n) is 5.79. The topological polar surface area (TPSA) is 73.6 Å². The van der Waals surface area contributed by atoms with Crippen LogP contribution in [0.3, 0.4) is 0 Å². The Morgan fingerprint density at radius 2 is 2.06 bits per heavy atom. The fraction of sp³-hybridized carbons (Fsp3) is 0.462. The molecule has 1 amide bonds. The van der Waals surface area contributed by atoms with E-state index in [9.17, 15) is 4.79 Å². The number of nitrogens with one attached hydrogen (secondary N) is 1. The van der Waals surface area contributed by atoms with E-state index in [2.05, 4.69) is 5.32 Å². The molecule has 0 spiro atoms. The van der Waals surface area contributed by atoms with Gasteiger partial charge in [0.05, 0.1) is 6.61 Å². The van der Waals surface area contributed by atoms with Gasteiger partial charge in [0, 0.05) is 19.3 Å². The maximum Gasteiger partial charge on any atom is 0.258 e. The molecule has 0 atom stereocenters. The molecule has 1 rings (SSSR count). The van der Waals surface area contributed by atoms with Crippen LogP contribution < -0.4 is 15.8 Å². The van der Waals surface area contributed by atoms with Crippen LogP contribution >= 0.6 is 0 Å². The van der Waals surface area contributed by atoms with Gasteiger partial charge in [0.15, 0.2) is 6.61 Å². The summed E-state index contributed by atoms with van der Waals surface area (Å²) in [5, 5.41) is 2.69. The van der Waals surface area contributed by atoms with Crippen LogP contribution in [-0.2, 0) is 9.53 Å². The normalized spacial score (nSPS) is 10.2. The van der Waals surface area contributed by atoms with Gasteiger partial charge in [-0.15, -0.1) is 0 Å². The maximum absolute atomic E-state index is 11.4. The second-order valence-corrected chi connectivity index (χ2v) is 4.11. The Labute approximate surface area is 107 Å². The standard InChI is InChI=1S/C13H20N2O3/c1-9-7-12(10(2)6-11(9)14)18-8-13(16)15-4-5-17-3/h6-7H,4-5,8,14H2,1-3H3,(H,15,16). The van der Waals surface area contributed by atoms with Crippen LogP contribution in [0.5, 0.6) is 5.75 Å². The number of hydrogen-bond acceptors (Lipinski definition) is 4. The van der Waals surface area contributed by atoms with Crippen LogP contribution in [0.15, 0.2) is 12.1 Å². The van der Waals surface area contributed by atoms with E-state index in [0.29, 0.717) is 18.9 Å². The second kappa shape index (κ2) is 6.86. The summed E-state index contributed by atoms with van der Waals surface area (Å²) in [6.45, 7) is 4.77. The lowest BCUT2D eigenvalue weighted by Crippen LogP contribution is -2.31. The number of aryl methyl sites for hydroxylation is 2. The zero-order valence-electron chi connectivity index (χ0n) is 11.1. The first-order valence-corrected chi connectivity index (χ1v) is 5.79. The lowest BCUT2D eigenvalue weighted by molar-refractivity contribution is -0.123. The second-order valence-electron chi connectivity index (χ2n) is 4.11. The molecule has 3 N–H and O–H groups in total. The van der Waals surface area contributed by atoms with Crippen molar-refractivity contribution < 1.29 is 14.3 Å². The van der Waals surface area contributed by atoms with Crippen LogP contribution in [0.4, 0.5) is 5.69 Å². The molecule has 0 heterocycles. The average molecular weight is 252 g/mol. The van der Waals surface area contributed by atoms with Crippen LogP contribution in [0, 0.1) is 13.8 Å². The smallest absolute Gasteiger partial charge is 0.258 e. The Balaban J connectivity index is 2.48. The largest absolute Gasteiger partial charge is 0.483 e. The van der Waals surface area contributed by atoms with E-state index in [1.54, 1.807) is 7.11 Å². The SMILES string of the molecule is COCCNC(=O)COc1cc(C)c(N)cc1C. The number of anilines is 1. The summed E-state index contributed by atoms with van der Waals surface area (Å²) in [6.07, 6.45) is 0. The van der Waals surface area contributed by atoms with Gasteiger partial charge in [-0.2, -0.15) is 0 Å². The van der Waals surface area contributed by atoms with Crippen LogP contribution in [-0.4, -0.2) is 32.8 Å². The van der Waals surface area contributed by atoms with Crippen molar-refractivity contribution in [3.63, 3.8) is 0 Å². The molecule has 0 fully saturated rings. The third kappa shape index (κ3) is 4.25. The van der Waals surface area contributed by atoms with E-state index in [-0.39, 0.29) is 12.5 Å². The molecule has 18 heavy (non-hydrogen) atoms. The molecule has 100 valence electrons. The van der Waals surface area contributed by atoms with E-state index < -0.39 is 0 Å². The zero-order chi connectivity index (χ0) is 13.5. The molecule has 0 radical (unpaired) electrons. The minimum atomic E-state index is -0.166. The van der Waals surface area contributed by atoms with E-state index in [1.165, 1.54) is 0 Å². The van der Waals surface area contributed by atoms with Gasteiger partial charge in [0.25, 0.3) is 5.91 Å². The maximum atomic E-state index is 11.4. The van der Waals surface area contributed by atoms with E-state index in [4.69, 9.17) is 15.2 Å². The van der Waals surface area contributed by atoms with E-state index in [1.807, 2.05) is 26.0 Å². The van der Waals surface area contributed by atoms with Gasteiger partial charge in [-0.3, -0.25) is 4.79 Å². The van der Waals surface area contributed by atoms with Crippen molar-refractivity contribution in [3.05, 3.63) is 23.3 Å². The first kappa shape index (κ1) is 14.3. The van der Waals surface area contributed by atoms with Gasteiger partial charge in [-0.1, -0.05) is 0 Å². The average Bonchev–Trinajstić information content (AvgIpc) is 2.32. The number of carbonyl (C=O) groups is 1. The molecule has 0 bridgehead atoms. The molecule has 0 saturated carbocycles. The fourth-order valence-electron chi connectivity index (χ4n) is 1.45. The Kier molecular flexibility index (Phi) is 5.45.